The summed E-state index contributed by atoms with van der Waals surface area (Å²) in [5, 5.41) is 3.92. The molecule has 0 aliphatic heterocycles. The topological polar surface area (TPSA) is 12.0 Å². The van der Waals surface area contributed by atoms with E-state index >= 15 is 0 Å². The Bertz CT molecular complexity index is 156. The van der Waals surface area contributed by atoms with E-state index in [1.807, 2.05) is 0 Å². The average Bonchev–Trinajstić information content (AvgIpc) is 2.66. The van der Waals surface area contributed by atoms with Crippen molar-refractivity contribution in [3.8, 4) is 0 Å². The molecule has 1 rings (SSSR count). The third kappa shape index (κ3) is 3.46. The first-order valence-electron chi connectivity index (χ1n) is 3.89. The molecule has 0 heterocycles. The van der Waals surface area contributed by atoms with Gasteiger partial charge in [0.1, 0.15) is 0 Å². The Balaban J connectivity index is 1.96. The largest absolute Gasteiger partial charge is 0.311 e. The first kappa shape index (κ1) is 9.37. The molecule has 3 heteroatoms. The quantitative estimate of drug-likeness (QED) is 0.725. The minimum atomic E-state index is 0.681. The molecule has 0 spiro atoms. The van der Waals surface area contributed by atoms with Gasteiger partial charge in [0, 0.05) is 17.1 Å². The second kappa shape index (κ2) is 4.34. The first-order chi connectivity index (χ1) is 5.24. The molecule has 1 aliphatic rings. The Morgan fingerprint density at radius 1 is 1.73 bits per heavy atom. The van der Waals surface area contributed by atoms with Gasteiger partial charge in [0.05, 0.1) is 0 Å². The molecule has 0 amide bonds. The summed E-state index contributed by atoms with van der Waals surface area (Å²) in [6, 6.07) is 0. The zero-order valence-corrected chi connectivity index (χ0v) is 8.12. The van der Waals surface area contributed by atoms with Crippen LogP contribution in [0.3, 0.4) is 0 Å². The molecule has 1 fully saturated rings. The van der Waals surface area contributed by atoms with Gasteiger partial charge in [-0.3, -0.25) is 0 Å². The van der Waals surface area contributed by atoms with Crippen molar-refractivity contribution < 1.29 is 0 Å². The lowest BCUT2D eigenvalue weighted by Gasteiger charge is -2.00. The van der Waals surface area contributed by atoms with E-state index in [0.717, 1.165) is 18.4 Å². The molecule has 0 aromatic heterocycles. The molecule has 11 heavy (non-hydrogen) atoms. The van der Waals surface area contributed by atoms with Gasteiger partial charge in [0.2, 0.25) is 0 Å². The van der Waals surface area contributed by atoms with Gasteiger partial charge in [-0.15, -0.1) is 0 Å². The maximum atomic E-state index is 5.67. The van der Waals surface area contributed by atoms with Crippen molar-refractivity contribution in [1.82, 2.24) is 5.32 Å². The van der Waals surface area contributed by atoms with E-state index < -0.39 is 0 Å². The van der Waals surface area contributed by atoms with Gasteiger partial charge < -0.3 is 5.32 Å². The summed E-state index contributed by atoms with van der Waals surface area (Å²) in [7, 11) is 0. The molecule has 64 valence electrons. The van der Waals surface area contributed by atoms with Crippen LogP contribution in [0.2, 0.25) is 0 Å². The van der Waals surface area contributed by atoms with E-state index in [-0.39, 0.29) is 0 Å². The maximum absolute atomic E-state index is 5.67. The van der Waals surface area contributed by atoms with E-state index in [9.17, 15) is 0 Å². The standard InChI is InChI=1S/C8H13Cl2N/c1-6-2-7(6)4-11-5-8(10)3-9/h3,6-7,11H,2,4-5H2,1H3. The smallest absolute Gasteiger partial charge is 0.0431 e. The molecule has 0 saturated heterocycles. The number of halogens is 2. The summed E-state index contributed by atoms with van der Waals surface area (Å²) in [4.78, 5) is 0. The maximum Gasteiger partial charge on any atom is 0.0431 e. The summed E-state index contributed by atoms with van der Waals surface area (Å²) in [5.41, 5.74) is 1.41. The summed E-state index contributed by atoms with van der Waals surface area (Å²) < 4.78 is 0. The van der Waals surface area contributed by atoms with Crippen LogP contribution in [-0.4, -0.2) is 13.1 Å². The second-order valence-electron chi connectivity index (χ2n) is 3.16. The molecule has 0 bridgehead atoms. The van der Waals surface area contributed by atoms with Gasteiger partial charge in [0.25, 0.3) is 0 Å². The van der Waals surface area contributed by atoms with Crippen LogP contribution in [0.25, 0.3) is 0 Å². The summed E-state index contributed by atoms with van der Waals surface area (Å²) >= 11 is 11.0. The van der Waals surface area contributed by atoms with Crippen molar-refractivity contribution in [1.29, 1.82) is 0 Å². The van der Waals surface area contributed by atoms with Crippen LogP contribution in [0.5, 0.6) is 0 Å². The van der Waals surface area contributed by atoms with Gasteiger partial charge in [-0.05, 0) is 24.8 Å². The number of hydrogen-bond donors (Lipinski definition) is 1. The Kier molecular flexibility index (Phi) is 3.70. The van der Waals surface area contributed by atoms with Crippen LogP contribution >= 0.6 is 23.2 Å². The van der Waals surface area contributed by atoms with Crippen LogP contribution in [0.1, 0.15) is 13.3 Å². The van der Waals surface area contributed by atoms with Crippen molar-refractivity contribution in [3.63, 3.8) is 0 Å². The fourth-order valence-electron chi connectivity index (χ4n) is 1.10. The number of nitrogens with one attached hydrogen (secondary N) is 1. The molecular formula is C8H13Cl2N. The molecule has 0 radical (unpaired) electrons. The van der Waals surface area contributed by atoms with Crippen molar-refractivity contribution in [2.75, 3.05) is 13.1 Å². The van der Waals surface area contributed by atoms with Crippen LogP contribution in [-0.2, 0) is 0 Å². The van der Waals surface area contributed by atoms with Crippen molar-refractivity contribution in [3.05, 3.63) is 10.6 Å². The number of hydrogen-bond acceptors (Lipinski definition) is 1. The fourth-order valence-corrected chi connectivity index (χ4v) is 1.27. The predicted molar refractivity (Wildman–Crippen MR) is 49.9 cm³/mol. The van der Waals surface area contributed by atoms with Gasteiger partial charge in [-0.25, -0.2) is 0 Å². The third-order valence-electron chi connectivity index (χ3n) is 2.09. The second-order valence-corrected chi connectivity index (χ2v) is 3.86. The zero-order valence-electron chi connectivity index (χ0n) is 6.61. The highest BCUT2D eigenvalue weighted by molar-refractivity contribution is 6.36. The number of rotatable bonds is 4. The lowest BCUT2D eigenvalue weighted by Crippen LogP contribution is -2.18. The Labute approximate surface area is 77.8 Å². The lowest BCUT2D eigenvalue weighted by atomic mass is 10.3. The molecule has 0 aromatic carbocycles. The first-order valence-corrected chi connectivity index (χ1v) is 4.71. The van der Waals surface area contributed by atoms with Crippen molar-refractivity contribution in [2.45, 2.75) is 13.3 Å². The van der Waals surface area contributed by atoms with Crippen LogP contribution in [0, 0.1) is 11.8 Å². The molecular weight excluding hydrogens is 181 g/mol. The molecule has 2 atom stereocenters. The summed E-state index contributed by atoms with van der Waals surface area (Å²) in [6.45, 7) is 4.04. The Morgan fingerprint density at radius 2 is 2.36 bits per heavy atom. The summed E-state index contributed by atoms with van der Waals surface area (Å²) in [6.07, 6.45) is 1.36. The van der Waals surface area contributed by atoms with Crippen LogP contribution < -0.4 is 5.32 Å². The van der Waals surface area contributed by atoms with Gasteiger partial charge in [-0.2, -0.15) is 0 Å². The van der Waals surface area contributed by atoms with Gasteiger partial charge in [-0.1, -0.05) is 30.1 Å². The molecule has 1 aliphatic carbocycles. The molecule has 1 saturated carbocycles. The van der Waals surface area contributed by atoms with E-state index in [0.29, 0.717) is 11.6 Å². The fraction of sp³-hybridized carbons (Fsp3) is 0.750. The SMILES string of the molecule is CC1CC1CNCC(Cl)=CCl. The highest BCUT2D eigenvalue weighted by Crippen LogP contribution is 2.36. The average molecular weight is 194 g/mol. The third-order valence-corrected chi connectivity index (χ3v) is 2.71. The zero-order chi connectivity index (χ0) is 8.27. The van der Waals surface area contributed by atoms with E-state index in [2.05, 4.69) is 12.2 Å². The monoisotopic (exact) mass is 193 g/mol. The Morgan fingerprint density at radius 3 is 2.82 bits per heavy atom. The minimum Gasteiger partial charge on any atom is -0.311 e. The van der Waals surface area contributed by atoms with Gasteiger partial charge in [0.15, 0.2) is 0 Å². The molecule has 0 aromatic rings. The van der Waals surface area contributed by atoms with Crippen molar-refractivity contribution in [2.24, 2.45) is 11.8 Å². The molecule has 2 unspecified atom stereocenters. The Hall–Kier alpha value is 0.280. The normalized spacial score (nSPS) is 30.6. The molecule has 1 nitrogen and oxygen atoms in total. The van der Waals surface area contributed by atoms with Crippen LogP contribution in [0.4, 0.5) is 0 Å². The van der Waals surface area contributed by atoms with E-state index in [4.69, 9.17) is 23.2 Å². The summed E-state index contributed by atoms with van der Waals surface area (Å²) in [5.74, 6) is 1.77. The van der Waals surface area contributed by atoms with Crippen molar-refractivity contribution >= 4 is 23.2 Å². The minimum absolute atomic E-state index is 0.681. The van der Waals surface area contributed by atoms with E-state index in [1.165, 1.54) is 12.0 Å². The molecule has 1 N–H and O–H groups in total. The lowest BCUT2D eigenvalue weighted by molar-refractivity contribution is 0.644. The highest BCUT2D eigenvalue weighted by Gasteiger charge is 2.31. The predicted octanol–water partition coefficient (Wildman–Crippen LogP) is 2.55. The van der Waals surface area contributed by atoms with E-state index in [1.54, 1.807) is 0 Å². The van der Waals surface area contributed by atoms with Crippen LogP contribution in [0.15, 0.2) is 10.6 Å². The van der Waals surface area contributed by atoms with Gasteiger partial charge >= 0.3 is 0 Å². The highest BCUT2D eigenvalue weighted by atomic mass is 35.5.